The zero-order valence-electron chi connectivity index (χ0n) is 8.90. The number of ketones is 2. The second kappa shape index (κ2) is 3.79. The SMILES string of the molecule is CC(=O)C(C)(C)CC(C)(Cl)C(C)=O. The van der Waals surface area contributed by atoms with Crippen molar-refractivity contribution in [3.05, 3.63) is 0 Å². The van der Waals surface area contributed by atoms with Crippen LogP contribution in [0.1, 0.15) is 41.0 Å². The van der Waals surface area contributed by atoms with Gasteiger partial charge in [0.2, 0.25) is 0 Å². The van der Waals surface area contributed by atoms with E-state index in [4.69, 9.17) is 11.6 Å². The van der Waals surface area contributed by atoms with Crippen LogP contribution in [0.4, 0.5) is 0 Å². The predicted octanol–water partition coefficient (Wildman–Crippen LogP) is 2.58. The number of carbonyl (C=O) groups is 2. The van der Waals surface area contributed by atoms with Crippen LogP contribution in [0.3, 0.4) is 0 Å². The number of halogens is 1. The van der Waals surface area contributed by atoms with Crippen LogP contribution in [0.5, 0.6) is 0 Å². The molecule has 0 rings (SSSR count). The summed E-state index contributed by atoms with van der Waals surface area (Å²) in [5.41, 5.74) is -0.526. The first kappa shape index (κ1) is 12.6. The van der Waals surface area contributed by atoms with Crippen LogP contribution in [0.25, 0.3) is 0 Å². The van der Waals surface area contributed by atoms with E-state index in [0.29, 0.717) is 6.42 Å². The van der Waals surface area contributed by atoms with Crippen LogP contribution in [0.15, 0.2) is 0 Å². The second-order valence-electron chi connectivity index (χ2n) is 4.37. The van der Waals surface area contributed by atoms with Crippen molar-refractivity contribution < 1.29 is 9.59 Å². The Balaban J connectivity index is 4.61. The highest BCUT2D eigenvalue weighted by atomic mass is 35.5. The monoisotopic (exact) mass is 204 g/mol. The molecule has 0 radical (unpaired) electrons. The van der Waals surface area contributed by atoms with E-state index < -0.39 is 10.3 Å². The van der Waals surface area contributed by atoms with Gasteiger partial charge in [0.05, 0.1) is 0 Å². The van der Waals surface area contributed by atoms with Crippen molar-refractivity contribution in [3.8, 4) is 0 Å². The van der Waals surface area contributed by atoms with Gasteiger partial charge in [-0.15, -0.1) is 11.6 Å². The Bertz CT molecular complexity index is 205. The highest BCUT2D eigenvalue weighted by molar-refractivity contribution is 6.34. The van der Waals surface area contributed by atoms with E-state index >= 15 is 0 Å². The van der Waals surface area contributed by atoms with Crippen LogP contribution in [-0.4, -0.2) is 16.4 Å². The summed E-state index contributed by atoms with van der Waals surface area (Å²) in [5.74, 6) is -0.0379. The lowest BCUT2D eigenvalue weighted by Crippen LogP contribution is -2.36. The molecule has 0 saturated carbocycles. The molecule has 0 aliphatic heterocycles. The van der Waals surface area contributed by atoms with E-state index in [2.05, 4.69) is 0 Å². The molecule has 0 N–H and O–H groups in total. The number of rotatable bonds is 4. The molecule has 0 aliphatic carbocycles. The molecule has 0 saturated heterocycles. The third-order valence-corrected chi connectivity index (χ3v) is 2.86. The van der Waals surface area contributed by atoms with E-state index in [0.717, 1.165) is 0 Å². The maximum atomic E-state index is 11.2. The third kappa shape index (κ3) is 3.47. The summed E-state index contributed by atoms with van der Waals surface area (Å²) in [6.07, 6.45) is 0.381. The minimum Gasteiger partial charge on any atom is -0.299 e. The first-order valence-electron chi connectivity index (χ1n) is 4.30. The van der Waals surface area contributed by atoms with Crippen LogP contribution in [-0.2, 0) is 9.59 Å². The Hall–Kier alpha value is -0.370. The Kier molecular flexibility index (Phi) is 3.68. The van der Waals surface area contributed by atoms with E-state index in [1.54, 1.807) is 20.8 Å². The fourth-order valence-electron chi connectivity index (χ4n) is 1.08. The molecule has 76 valence electrons. The van der Waals surface area contributed by atoms with Gasteiger partial charge in [0.1, 0.15) is 16.4 Å². The van der Waals surface area contributed by atoms with Gasteiger partial charge >= 0.3 is 0 Å². The summed E-state index contributed by atoms with van der Waals surface area (Å²) >= 11 is 6.00. The van der Waals surface area contributed by atoms with Crippen LogP contribution in [0, 0.1) is 5.41 Å². The van der Waals surface area contributed by atoms with Crippen molar-refractivity contribution in [2.75, 3.05) is 0 Å². The minimum atomic E-state index is -0.921. The Morgan fingerprint density at radius 1 is 1.08 bits per heavy atom. The smallest absolute Gasteiger partial charge is 0.150 e. The van der Waals surface area contributed by atoms with Gasteiger partial charge in [-0.25, -0.2) is 0 Å². The molecule has 0 bridgehead atoms. The molecular weight excluding hydrogens is 188 g/mol. The molecule has 1 unspecified atom stereocenters. The van der Waals surface area contributed by atoms with E-state index in [1.807, 2.05) is 0 Å². The van der Waals surface area contributed by atoms with Crippen LogP contribution in [0.2, 0.25) is 0 Å². The largest absolute Gasteiger partial charge is 0.299 e. The number of carbonyl (C=O) groups excluding carboxylic acids is 2. The minimum absolute atomic E-state index is 0.0561. The number of hydrogen-bond donors (Lipinski definition) is 0. The Morgan fingerprint density at radius 3 is 1.69 bits per heavy atom. The first-order chi connectivity index (χ1) is 5.59. The lowest BCUT2D eigenvalue weighted by molar-refractivity contribution is -0.126. The highest BCUT2D eigenvalue weighted by Crippen LogP contribution is 2.33. The number of Topliss-reactive ketones (excluding diaryl/α,β-unsaturated/α-hetero) is 2. The van der Waals surface area contributed by atoms with Crippen molar-refractivity contribution in [2.45, 2.75) is 45.9 Å². The van der Waals surface area contributed by atoms with Gasteiger partial charge in [0, 0.05) is 5.41 Å². The van der Waals surface area contributed by atoms with Gasteiger partial charge in [-0.05, 0) is 27.2 Å². The van der Waals surface area contributed by atoms with Gasteiger partial charge in [0.25, 0.3) is 0 Å². The van der Waals surface area contributed by atoms with Crippen LogP contribution >= 0.6 is 11.6 Å². The van der Waals surface area contributed by atoms with Gasteiger partial charge in [-0.2, -0.15) is 0 Å². The standard InChI is InChI=1S/C10H17ClO2/c1-7(12)9(3,4)6-10(5,11)8(2)13/h6H2,1-5H3. The Morgan fingerprint density at radius 2 is 1.46 bits per heavy atom. The quantitative estimate of drug-likeness (QED) is 0.660. The van der Waals surface area contributed by atoms with E-state index in [-0.39, 0.29) is 11.6 Å². The van der Waals surface area contributed by atoms with Gasteiger partial charge in [-0.3, -0.25) is 9.59 Å². The third-order valence-electron chi connectivity index (χ3n) is 2.46. The molecule has 0 fully saturated rings. The average Bonchev–Trinajstić information content (AvgIpc) is 1.83. The van der Waals surface area contributed by atoms with Gasteiger partial charge in [0.15, 0.2) is 0 Å². The van der Waals surface area contributed by atoms with Crippen molar-refractivity contribution in [3.63, 3.8) is 0 Å². The summed E-state index contributed by atoms with van der Waals surface area (Å²) in [7, 11) is 0. The van der Waals surface area contributed by atoms with E-state index in [9.17, 15) is 9.59 Å². The molecule has 0 spiro atoms. The maximum absolute atomic E-state index is 11.2. The zero-order valence-corrected chi connectivity index (χ0v) is 9.66. The molecule has 0 heterocycles. The van der Waals surface area contributed by atoms with Gasteiger partial charge in [-0.1, -0.05) is 13.8 Å². The molecule has 0 aromatic heterocycles. The summed E-state index contributed by atoms with van der Waals surface area (Å²) in [5, 5.41) is 0. The Labute approximate surface area is 84.7 Å². The van der Waals surface area contributed by atoms with Crippen molar-refractivity contribution in [1.29, 1.82) is 0 Å². The fraction of sp³-hybridized carbons (Fsp3) is 0.800. The summed E-state index contributed by atoms with van der Waals surface area (Å²) in [6, 6.07) is 0. The molecule has 13 heavy (non-hydrogen) atoms. The normalized spacial score (nSPS) is 16.5. The van der Waals surface area contributed by atoms with Crippen LogP contribution < -0.4 is 0 Å². The highest BCUT2D eigenvalue weighted by Gasteiger charge is 2.36. The number of alkyl halides is 1. The fourth-order valence-corrected chi connectivity index (χ4v) is 1.41. The van der Waals surface area contributed by atoms with E-state index in [1.165, 1.54) is 13.8 Å². The van der Waals surface area contributed by atoms with Crippen molar-refractivity contribution in [2.24, 2.45) is 5.41 Å². The lowest BCUT2D eigenvalue weighted by atomic mass is 9.79. The molecule has 0 amide bonds. The lowest BCUT2D eigenvalue weighted by Gasteiger charge is -2.29. The summed E-state index contributed by atoms with van der Waals surface area (Å²) < 4.78 is 0. The molecule has 0 aliphatic rings. The van der Waals surface area contributed by atoms with Crippen molar-refractivity contribution >= 4 is 23.2 Å². The molecule has 3 heteroatoms. The molecular formula is C10H17ClO2. The summed E-state index contributed by atoms with van der Waals surface area (Å²) in [4.78, 5) is 21.4. The molecule has 1 atom stereocenters. The average molecular weight is 205 g/mol. The molecule has 0 aromatic carbocycles. The topological polar surface area (TPSA) is 34.1 Å². The number of hydrogen-bond acceptors (Lipinski definition) is 2. The first-order valence-corrected chi connectivity index (χ1v) is 4.68. The predicted molar refractivity (Wildman–Crippen MR) is 54.0 cm³/mol. The van der Waals surface area contributed by atoms with Crippen molar-refractivity contribution in [1.82, 2.24) is 0 Å². The second-order valence-corrected chi connectivity index (χ2v) is 5.20. The zero-order chi connectivity index (χ0) is 10.9. The summed E-state index contributed by atoms with van der Waals surface area (Å²) in [6.45, 7) is 8.23. The molecule has 0 aromatic rings. The maximum Gasteiger partial charge on any atom is 0.150 e. The van der Waals surface area contributed by atoms with Gasteiger partial charge < -0.3 is 0 Å². The molecule has 2 nitrogen and oxygen atoms in total.